The van der Waals surface area contributed by atoms with Crippen LogP contribution in [-0.2, 0) is 23.6 Å². The standard InChI is InChI=1S/C19H19F2N3O3S/c1-19(5-6-19)22-28(26,27)15-3-4-16-17(10-15)23(2)18(25)24(16)11-12-7-13(20)9-14(21)8-12/h3-4,7-10,22H,5-6,11H2,1-2H3. The molecule has 3 aromatic rings. The zero-order valence-corrected chi connectivity index (χ0v) is 16.2. The van der Waals surface area contributed by atoms with E-state index >= 15 is 0 Å². The SMILES string of the molecule is Cn1c(=O)n(Cc2cc(F)cc(F)c2)c2ccc(S(=O)(=O)NC3(C)CC3)cc21. The number of aromatic nitrogens is 2. The van der Waals surface area contributed by atoms with Gasteiger partial charge < -0.3 is 0 Å². The zero-order valence-electron chi connectivity index (χ0n) is 15.4. The lowest BCUT2D eigenvalue weighted by Crippen LogP contribution is -2.34. The topological polar surface area (TPSA) is 73.1 Å². The highest BCUT2D eigenvalue weighted by atomic mass is 32.2. The van der Waals surface area contributed by atoms with Crippen molar-refractivity contribution in [3.05, 3.63) is 64.1 Å². The van der Waals surface area contributed by atoms with Gasteiger partial charge >= 0.3 is 5.69 Å². The predicted molar refractivity (Wildman–Crippen MR) is 101 cm³/mol. The molecule has 148 valence electrons. The molecule has 1 saturated carbocycles. The molecule has 28 heavy (non-hydrogen) atoms. The van der Waals surface area contributed by atoms with Crippen LogP contribution >= 0.6 is 0 Å². The van der Waals surface area contributed by atoms with E-state index in [-0.39, 0.29) is 11.4 Å². The van der Waals surface area contributed by atoms with Gasteiger partial charge in [-0.3, -0.25) is 9.13 Å². The zero-order chi connectivity index (χ0) is 20.3. The van der Waals surface area contributed by atoms with E-state index in [1.54, 1.807) is 0 Å². The first-order valence-electron chi connectivity index (χ1n) is 8.76. The molecule has 0 radical (unpaired) electrons. The van der Waals surface area contributed by atoms with Crippen LogP contribution in [0.4, 0.5) is 8.78 Å². The number of hydrogen-bond acceptors (Lipinski definition) is 3. The molecular weight excluding hydrogens is 388 g/mol. The van der Waals surface area contributed by atoms with Crippen LogP contribution in [-0.4, -0.2) is 23.1 Å². The molecule has 0 spiro atoms. The van der Waals surface area contributed by atoms with Crippen molar-refractivity contribution in [2.24, 2.45) is 7.05 Å². The number of fused-ring (bicyclic) bond motifs is 1. The second-order valence-electron chi connectivity index (χ2n) is 7.52. The monoisotopic (exact) mass is 407 g/mol. The van der Waals surface area contributed by atoms with E-state index in [1.807, 2.05) is 6.92 Å². The van der Waals surface area contributed by atoms with Crippen molar-refractivity contribution in [2.75, 3.05) is 0 Å². The number of nitrogens with zero attached hydrogens (tertiary/aromatic N) is 2. The first-order chi connectivity index (χ1) is 13.1. The van der Waals surface area contributed by atoms with Crippen LogP contribution in [0, 0.1) is 11.6 Å². The largest absolute Gasteiger partial charge is 0.329 e. The summed E-state index contributed by atoms with van der Waals surface area (Å²) < 4.78 is 57.5. The molecule has 0 unspecified atom stereocenters. The average molecular weight is 407 g/mol. The van der Waals surface area contributed by atoms with Gasteiger partial charge in [0.2, 0.25) is 10.0 Å². The molecule has 9 heteroatoms. The van der Waals surface area contributed by atoms with Crippen molar-refractivity contribution in [3.63, 3.8) is 0 Å². The summed E-state index contributed by atoms with van der Waals surface area (Å²) in [5.41, 5.74) is 0.385. The second kappa shape index (κ2) is 6.25. The normalized spacial score (nSPS) is 15.9. The van der Waals surface area contributed by atoms with Gasteiger partial charge in [0, 0.05) is 18.7 Å². The van der Waals surface area contributed by atoms with Gasteiger partial charge in [-0.15, -0.1) is 0 Å². The van der Waals surface area contributed by atoms with Crippen molar-refractivity contribution < 1.29 is 17.2 Å². The Balaban J connectivity index is 1.77. The summed E-state index contributed by atoms with van der Waals surface area (Å²) in [4.78, 5) is 12.7. The Morgan fingerprint density at radius 1 is 1.07 bits per heavy atom. The molecule has 1 aliphatic carbocycles. The molecule has 0 amide bonds. The van der Waals surface area contributed by atoms with Gasteiger partial charge in [0.05, 0.1) is 22.5 Å². The molecular formula is C19H19F2N3O3S. The van der Waals surface area contributed by atoms with Crippen LogP contribution in [0.15, 0.2) is 46.1 Å². The summed E-state index contributed by atoms with van der Waals surface area (Å²) in [6, 6.07) is 7.49. The molecule has 2 aromatic carbocycles. The maximum Gasteiger partial charge on any atom is 0.329 e. The molecule has 1 heterocycles. The first-order valence-corrected chi connectivity index (χ1v) is 10.2. The summed E-state index contributed by atoms with van der Waals surface area (Å²) in [6.45, 7) is 1.81. The Morgan fingerprint density at radius 2 is 1.71 bits per heavy atom. The Morgan fingerprint density at radius 3 is 2.32 bits per heavy atom. The van der Waals surface area contributed by atoms with Gasteiger partial charge in [-0.1, -0.05) is 0 Å². The van der Waals surface area contributed by atoms with E-state index < -0.39 is 32.9 Å². The average Bonchev–Trinajstić information content (AvgIpc) is 3.27. The van der Waals surface area contributed by atoms with E-state index in [4.69, 9.17) is 0 Å². The summed E-state index contributed by atoms with van der Waals surface area (Å²) in [7, 11) is -2.18. The molecule has 1 aromatic heterocycles. The van der Waals surface area contributed by atoms with Crippen LogP contribution in [0.1, 0.15) is 25.3 Å². The Labute approximate surface area is 160 Å². The van der Waals surface area contributed by atoms with E-state index in [0.717, 1.165) is 31.0 Å². The summed E-state index contributed by atoms with van der Waals surface area (Å²) in [5, 5.41) is 0. The molecule has 1 N–H and O–H groups in total. The van der Waals surface area contributed by atoms with E-state index in [0.29, 0.717) is 16.6 Å². The lowest BCUT2D eigenvalue weighted by Gasteiger charge is -2.12. The van der Waals surface area contributed by atoms with Gasteiger partial charge in [0.1, 0.15) is 11.6 Å². The van der Waals surface area contributed by atoms with Crippen LogP contribution in [0.3, 0.4) is 0 Å². The Bertz CT molecular complexity index is 1240. The van der Waals surface area contributed by atoms with Gasteiger partial charge in [-0.05, 0) is 55.7 Å². The van der Waals surface area contributed by atoms with Crippen LogP contribution < -0.4 is 10.4 Å². The fraction of sp³-hybridized carbons (Fsp3) is 0.316. The third kappa shape index (κ3) is 3.35. The van der Waals surface area contributed by atoms with Gasteiger partial charge in [0.25, 0.3) is 0 Å². The van der Waals surface area contributed by atoms with E-state index in [2.05, 4.69) is 4.72 Å². The predicted octanol–water partition coefficient (Wildman–Crippen LogP) is 2.50. The minimum Gasteiger partial charge on any atom is -0.295 e. The number of aryl methyl sites for hydroxylation is 1. The van der Waals surface area contributed by atoms with Crippen LogP contribution in [0.5, 0.6) is 0 Å². The molecule has 4 rings (SSSR count). The van der Waals surface area contributed by atoms with Crippen molar-refractivity contribution >= 4 is 21.1 Å². The summed E-state index contributed by atoms with van der Waals surface area (Å²) in [5.74, 6) is -1.45. The minimum absolute atomic E-state index is 0.0345. The molecule has 0 atom stereocenters. The van der Waals surface area contributed by atoms with Crippen molar-refractivity contribution in [1.82, 2.24) is 13.9 Å². The summed E-state index contributed by atoms with van der Waals surface area (Å²) >= 11 is 0. The maximum atomic E-state index is 13.5. The van der Waals surface area contributed by atoms with Gasteiger partial charge in [0.15, 0.2) is 0 Å². The number of hydrogen-bond donors (Lipinski definition) is 1. The quantitative estimate of drug-likeness (QED) is 0.706. The Kier molecular flexibility index (Phi) is 4.20. The number of imidazole rings is 1. The Hall–Kier alpha value is -2.52. The highest BCUT2D eigenvalue weighted by Crippen LogP contribution is 2.36. The van der Waals surface area contributed by atoms with Crippen molar-refractivity contribution in [3.8, 4) is 0 Å². The molecule has 6 nitrogen and oxygen atoms in total. The fourth-order valence-corrected chi connectivity index (χ4v) is 4.75. The van der Waals surface area contributed by atoms with Gasteiger partial charge in [-0.25, -0.2) is 26.7 Å². The number of benzene rings is 2. The van der Waals surface area contributed by atoms with Crippen LogP contribution in [0.2, 0.25) is 0 Å². The maximum absolute atomic E-state index is 13.5. The van der Waals surface area contributed by atoms with Crippen molar-refractivity contribution in [2.45, 2.75) is 36.7 Å². The smallest absolute Gasteiger partial charge is 0.295 e. The molecule has 0 bridgehead atoms. The number of halogens is 2. The lowest BCUT2D eigenvalue weighted by atomic mass is 10.2. The minimum atomic E-state index is -3.71. The first kappa shape index (κ1) is 18.8. The van der Waals surface area contributed by atoms with Crippen LogP contribution in [0.25, 0.3) is 11.0 Å². The number of nitrogens with one attached hydrogen (secondary N) is 1. The highest BCUT2D eigenvalue weighted by Gasteiger charge is 2.41. The third-order valence-electron chi connectivity index (χ3n) is 5.07. The highest BCUT2D eigenvalue weighted by molar-refractivity contribution is 7.89. The van der Waals surface area contributed by atoms with E-state index in [9.17, 15) is 22.0 Å². The van der Waals surface area contributed by atoms with E-state index in [1.165, 1.54) is 34.4 Å². The second-order valence-corrected chi connectivity index (χ2v) is 9.20. The van der Waals surface area contributed by atoms with Crippen molar-refractivity contribution in [1.29, 1.82) is 0 Å². The third-order valence-corrected chi connectivity index (χ3v) is 6.71. The lowest BCUT2D eigenvalue weighted by molar-refractivity contribution is 0.558. The van der Waals surface area contributed by atoms with Gasteiger partial charge in [-0.2, -0.15) is 0 Å². The number of rotatable bonds is 5. The molecule has 1 fully saturated rings. The summed E-state index contributed by atoms with van der Waals surface area (Å²) in [6.07, 6.45) is 1.57. The fourth-order valence-electron chi connectivity index (χ4n) is 3.26. The number of sulfonamides is 1. The molecule has 0 saturated heterocycles. The molecule has 0 aliphatic heterocycles. The molecule has 1 aliphatic rings.